The summed E-state index contributed by atoms with van der Waals surface area (Å²) in [5, 5.41) is 2.90. The van der Waals surface area contributed by atoms with Crippen molar-refractivity contribution in [1.29, 1.82) is 0 Å². The highest BCUT2D eigenvalue weighted by Crippen LogP contribution is 2.26. The Labute approximate surface area is 145 Å². The van der Waals surface area contributed by atoms with Gasteiger partial charge in [-0.15, -0.1) is 0 Å². The Hall–Kier alpha value is -2.34. The summed E-state index contributed by atoms with van der Waals surface area (Å²) < 4.78 is 9.87. The van der Waals surface area contributed by atoms with Crippen LogP contribution in [0.2, 0.25) is 5.02 Å². The zero-order chi connectivity index (χ0) is 18.1. The number of carbonyl (C=O) groups is 3. The van der Waals surface area contributed by atoms with Crippen LogP contribution in [-0.2, 0) is 19.1 Å². The number of hydrogen-bond acceptors (Lipinski definition) is 6. The molecule has 130 valence electrons. The topological polar surface area (TPSA) is 81.7 Å². The molecule has 1 N–H and O–H groups in total. The van der Waals surface area contributed by atoms with Crippen LogP contribution in [-0.4, -0.2) is 30.9 Å². The molecule has 1 aromatic rings. The van der Waals surface area contributed by atoms with Gasteiger partial charge in [0.2, 0.25) is 0 Å². The second kappa shape index (κ2) is 9.72. The van der Waals surface area contributed by atoms with Gasteiger partial charge in [0.05, 0.1) is 29.5 Å². The number of ketones is 1. The van der Waals surface area contributed by atoms with Crippen molar-refractivity contribution in [1.82, 2.24) is 0 Å². The van der Waals surface area contributed by atoms with E-state index in [1.54, 1.807) is 19.1 Å². The first-order valence-corrected chi connectivity index (χ1v) is 7.90. The van der Waals surface area contributed by atoms with Crippen molar-refractivity contribution >= 4 is 35.0 Å². The van der Waals surface area contributed by atoms with E-state index in [0.29, 0.717) is 12.1 Å². The maximum atomic E-state index is 11.9. The monoisotopic (exact) mass is 353 g/mol. The Kier molecular flexibility index (Phi) is 7.98. The number of rotatable bonds is 8. The van der Waals surface area contributed by atoms with E-state index in [-0.39, 0.29) is 29.4 Å². The van der Waals surface area contributed by atoms with Crippen LogP contribution < -0.4 is 5.32 Å². The van der Waals surface area contributed by atoms with Gasteiger partial charge in [0, 0.05) is 6.20 Å². The third-order valence-corrected chi connectivity index (χ3v) is 3.31. The first-order valence-electron chi connectivity index (χ1n) is 7.52. The molecule has 0 bridgehead atoms. The Bertz CT molecular complexity index is 654. The maximum absolute atomic E-state index is 11.9. The zero-order valence-electron chi connectivity index (χ0n) is 13.8. The van der Waals surface area contributed by atoms with Crippen molar-refractivity contribution in [2.45, 2.75) is 27.2 Å². The van der Waals surface area contributed by atoms with E-state index in [2.05, 4.69) is 5.32 Å². The van der Waals surface area contributed by atoms with E-state index in [0.717, 1.165) is 0 Å². The highest BCUT2D eigenvalue weighted by Gasteiger charge is 2.17. The molecule has 1 aromatic carbocycles. The maximum Gasteiger partial charge on any atom is 0.343 e. The van der Waals surface area contributed by atoms with Gasteiger partial charge >= 0.3 is 11.9 Å². The Morgan fingerprint density at radius 1 is 1.21 bits per heavy atom. The normalized spacial score (nSPS) is 10.9. The number of benzene rings is 1. The van der Waals surface area contributed by atoms with E-state index in [1.165, 1.54) is 19.2 Å². The van der Waals surface area contributed by atoms with E-state index >= 15 is 0 Å². The van der Waals surface area contributed by atoms with Gasteiger partial charge in [0.1, 0.15) is 5.57 Å². The van der Waals surface area contributed by atoms with Crippen molar-refractivity contribution in [2.75, 3.05) is 18.5 Å². The van der Waals surface area contributed by atoms with E-state index in [1.807, 2.05) is 6.92 Å². The summed E-state index contributed by atoms with van der Waals surface area (Å²) in [5.41, 5.74) is 0.417. The quantitative estimate of drug-likeness (QED) is 0.334. The molecule has 0 spiro atoms. The summed E-state index contributed by atoms with van der Waals surface area (Å²) in [6.45, 7) is 5.26. The lowest BCUT2D eigenvalue weighted by Gasteiger charge is -2.10. The van der Waals surface area contributed by atoms with Crippen LogP contribution in [0.4, 0.5) is 5.69 Å². The number of ether oxygens (including phenoxy) is 2. The fourth-order valence-corrected chi connectivity index (χ4v) is 1.99. The summed E-state index contributed by atoms with van der Waals surface area (Å²) in [4.78, 5) is 35.3. The molecule has 1 rings (SSSR count). The molecular formula is C17H20ClNO5. The minimum absolute atomic E-state index is 0.136. The van der Waals surface area contributed by atoms with Gasteiger partial charge in [-0.2, -0.15) is 0 Å². The molecule has 0 amide bonds. The molecule has 0 fully saturated rings. The summed E-state index contributed by atoms with van der Waals surface area (Å²) in [6.07, 6.45) is 1.87. The fourth-order valence-electron chi connectivity index (χ4n) is 1.74. The first kappa shape index (κ1) is 19.7. The smallest absolute Gasteiger partial charge is 0.343 e. The van der Waals surface area contributed by atoms with Crippen LogP contribution >= 0.6 is 11.6 Å². The van der Waals surface area contributed by atoms with Gasteiger partial charge in [-0.3, -0.25) is 4.79 Å². The van der Waals surface area contributed by atoms with Gasteiger partial charge in [0.15, 0.2) is 5.78 Å². The predicted molar refractivity (Wildman–Crippen MR) is 91.0 cm³/mol. The third kappa shape index (κ3) is 5.38. The number of nitrogens with one attached hydrogen (secondary N) is 1. The summed E-state index contributed by atoms with van der Waals surface area (Å²) in [6, 6.07) is 4.74. The second-order valence-corrected chi connectivity index (χ2v) is 5.16. The predicted octanol–water partition coefficient (Wildman–Crippen LogP) is 3.35. The highest BCUT2D eigenvalue weighted by molar-refractivity contribution is 6.36. The van der Waals surface area contributed by atoms with E-state index in [4.69, 9.17) is 21.1 Å². The average molecular weight is 354 g/mol. The summed E-state index contributed by atoms with van der Waals surface area (Å²) in [5.74, 6) is -1.71. The Morgan fingerprint density at radius 3 is 2.50 bits per heavy atom. The Morgan fingerprint density at radius 2 is 1.92 bits per heavy atom. The number of carbonyl (C=O) groups excluding carboxylic acids is 3. The molecule has 0 atom stereocenters. The van der Waals surface area contributed by atoms with Crippen LogP contribution in [0.25, 0.3) is 0 Å². The number of halogens is 1. The van der Waals surface area contributed by atoms with Gasteiger partial charge in [-0.05, 0) is 32.4 Å². The summed E-state index contributed by atoms with van der Waals surface area (Å²) in [7, 11) is 0. The first-order chi connectivity index (χ1) is 11.4. The minimum Gasteiger partial charge on any atom is -0.462 e. The second-order valence-electron chi connectivity index (χ2n) is 4.78. The lowest BCUT2D eigenvalue weighted by atomic mass is 10.2. The molecule has 0 radical (unpaired) electrons. The molecular weight excluding hydrogens is 334 g/mol. The molecule has 7 heteroatoms. The SMILES string of the molecule is CCCOC(=O)C(=CNc1cccc(C(=O)OCC)c1Cl)C(C)=O. The van der Waals surface area contributed by atoms with Gasteiger partial charge in [-0.1, -0.05) is 24.6 Å². The number of anilines is 1. The van der Waals surface area contributed by atoms with Crippen LogP contribution in [0.3, 0.4) is 0 Å². The number of esters is 2. The lowest BCUT2D eigenvalue weighted by molar-refractivity contribution is -0.140. The molecule has 0 saturated heterocycles. The van der Waals surface area contributed by atoms with Crippen LogP contribution in [0, 0.1) is 0 Å². The van der Waals surface area contributed by atoms with Crippen molar-refractivity contribution in [3.8, 4) is 0 Å². The largest absolute Gasteiger partial charge is 0.462 e. The summed E-state index contributed by atoms with van der Waals surface area (Å²) >= 11 is 6.17. The molecule has 0 unspecified atom stereocenters. The number of hydrogen-bond donors (Lipinski definition) is 1. The molecule has 0 aliphatic carbocycles. The van der Waals surface area contributed by atoms with E-state index in [9.17, 15) is 14.4 Å². The molecule has 0 aromatic heterocycles. The molecule has 24 heavy (non-hydrogen) atoms. The molecule has 0 saturated carbocycles. The zero-order valence-corrected chi connectivity index (χ0v) is 14.6. The van der Waals surface area contributed by atoms with E-state index < -0.39 is 17.7 Å². The van der Waals surface area contributed by atoms with Crippen LogP contribution in [0.15, 0.2) is 30.0 Å². The van der Waals surface area contributed by atoms with Crippen LogP contribution in [0.1, 0.15) is 37.6 Å². The molecule has 0 heterocycles. The van der Waals surface area contributed by atoms with Crippen molar-refractivity contribution in [3.63, 3.8) is 0 Å². The highest BCUT2D eigenvalue weighted by atomic mass is 35.5. The van der Waals surface area contributed by atoms with Gasteiger partial charge in [-0.25, -0.2) is 9.59 Å². The molecule has 0 aliphatic heterocycles. The fraction of sp³-hybridized carbons (Fsp3) is 0.353. The van der Waals surface area contributed by atoms with Crippen molar-refractivity contribution < 1.29 is 23.9 Å². The third-order valence-electron chi connectivity index (χ3n) is 2.90. The van der Waals surface area contributed by atoms with Crippen LogP contribution in [0.5, 0.6) is 0 Å². The average Bonchev–Trinajstić information content (AvgIpc) is 2.54. The molecule has 6 nitrogen and oxygen atoms in total. The van der Waals surface area contributed by atoms with Gasteiger partial charge < -0.3 is 14.8 Å². The Balaban J connectivity index is 3.02. The standard InChI is InChI=1S/C17H20ClNO5/c1-4-9-24-17(22)13(11(3)20)10-19-14-8-6-7-12(15(14)18)16(21)23-5-2/h6-8,10,19H,4-5,9H2,1-3H3. The lowest BCUT2D eigenvalue weighted by Crippen LogP contribution is -2.15. The van der Waals surface area contributed by atoms with Crippen molar-refractivity contribution in [3.05, 3.63) is 40.6 Å². The van der Waals surface area contributed by atoms with Gasteiger partial charge in [0.25, 0.3) is 0 Å². The minimum atomic E-state index is -0.713. The number of Topliss-reactive ketones (excluding diaryl/α,β-unsaturated/α-hetero) is 1. The van der Waals surface area contributed by atoms with Crippen molar-refractivity contribution in [2.24, 2.45) is 0 Å². The molecule has 0 aliphatic rings.